The first-order chi connectivity index (χ1) is 5.86. The smallest absolute Gasteiger partial charge is 0.136 e. The summed E-state index contributed by atoms with van der Waals surface area (Å²) < 4.78 is 0. The monoisotopic (exact) mass is 166 g/mol. The lowest BCUT2D eigenvalue weighted by molar-refractivity contribution is -0.124. The first-order valence-corrected chi connectivity index (χ1v) is 5.39. The summed E-state index contributed by atoms with van der Waals surface area (Å²) in [5.74, 6) is 1.82. The molecule has 0 amide bonds. The van der Waals surface area contributed by atoms with Crippen LogP contribution in [-0.4, -0.2) is 5.78 Å². The van der Waals surface area contributed by atoms with Gasteiger partial charge in [0.05, 0.1) is 0 Å². The van der Waals surface area contributed by atoms with Crippen LogP contribution in [0, 0.1) is 11.8 Å². The molecule has 2 rings (SSSR count). The minimum atomic E-state index is 0.464. The second kappa shape index (κ2) is 3.59. The van der Waals surface area contributed by atoms with E-state index in [2.05, 4.69) is 0 Å². The maximum atomic E-state index is 11.6. The van der Waals surface area contributed by atoms with Gasteiger partial charge in [-0.1, -0.05) is 32.1 Å². The second-order valence-corrected chi connectivity index (χ2v) is 4.45. The number of Topliss-reactive ketones (excluding diaryl/α,β-unsaturated/α-hetero) is 1. The molecule has 0 aromatic rings. The predicted molar refractivity (Wildman–Crippen MR) is 48.9 cm³/mol. The predicted octanol–water partition coefficient (Wildman–Crippen LogP) is 2.94. The Balaban J connectivity index is 1.74. The van der Waals surface area contributed by atoms with Crippen LogP contribution >= 0.6 is 0 Å². The van der Waals surface area contributed by atoms with Crippen molar-refractivity contribution in [1.29, 1.82) is 0 Å². The van der Waals surface area contributed by atoms with E-state index >= 15 is 0 Å². The molecule has 0 aromatic carbocycles. The van der Waals surface area contributed by atoms with Crippen molar-refractivity contribution in [3.05, 3.63) is 0 Å². The summed E-state index contributed by atoms with van der Waals surface area (Å²) in [6.07, 6.45) is 9.86. The van der Waals surface area contributed by atoms with Crippen LogP contribution in [0.5, 0.6) is 0 Å². The van der Waals surface area contributed by atoms with Crippen LogP contribution in [0.4, 0.5) is 0 Å². The second-order valence-electron chi connectivity index (χ2n) is 4.45. The fraction of sp³-hybridized carbons (Fsp3) is 0.909. The Bertz CT molecular complexity index is 164. The van der Waals surface area contributed by atoms with E-state index in [1.54, 1.807) is 0 Å². The standard InChI is InChI=1S/C11H18O/c12-11(8-9-4-3-5-9)10-6-1-2-7-10/h9-10H,1-8H2. The van der Waals surface area contributed by atoms with E-state index in [4.69, 9.17) is 0 Å². The number of rotatable bonds is 3. The Morgan fingerprint density at radius 3 is 2.17 bits per heavy atom. The summed E-state index contributed by atoms with van der Waals surface area (Å²) in [6.45, 7) is 0. The Hall–Kier alpha value is -0.330. The minimum absolute atomic E-state index is 0.464. The average molecular weight is 166 g/mol. The van der Waals surface area contributed by atoms with Crippen LogP contribution in [0.2, 0.25) is 0 Å². The lowest BCUT2D eigenvalue weighted by Gasteiger charge is -2.25. The summed E-state index contributed by atoms with van der Waals surface area (Å²) >= 11 is 0. The number of hydrogen-bond donors (Lipinski definition) is 0. The van der Waals surface area contributed by atoms with Crippen molar-refractivity contribution in [3.63, 3.8) is 0 Å². The molecule has 2 fully saturated rings. The molecule has 0 heterocycles. The van der Waals surface area contributed by atoms with Crippen LogP contribution in [0.3, 0.4) is 0 Å². The van der Waals surface area contributed by atoms with Crippen LogP contribution in [-0.2, 0) is 4.79 Å². The van der Waals surface area contributed by atoms with E-state index in [1.165, 1.54) is 44.9 Å². The van der Waals surface area contributed by atoms with E-state index in [-0.39, 0.29) is 0 Å². The molecule has 0 aliphatic heterocycles. The lowest BCUT2D eigenvalue weighted by atomic mass is 9.80. The van der Waals surface area contributed by atoms with Gasteiger partial charge < -0.3 is 0 Å². The van der Waals surface area contributed by atoms with Gasteiger partial charge in [0, 0.05) is 12.3 Å². The van der Waals surface area contributed by atoms with Gasteiger partial charge in [-0.05, 0) is 18.8 Å². The summed E-state index contributed by atoms with van der Waals surface area (Å²) in [7, 11) is 0. The first-order valence-electron chi connectivity index (χ1n) is 5.39. The summed E-state index contributed by atoms with van der Waals surface area (Å²) in [5, 5.41) is 0. The maximum Gasteiger partial charge on any atom is 0.136 e. The summed E-state index contributed by atoms with van der Waals surface area (Å²) in [6, 6.07) is 0. The highest BCUT2D eigenvalue weighted by Gasteiger charge is 2.27. The van der Waals surface area contributed by atoms with Crippen molar-refractivity contribution < 1.29 is 4.79 Å². The zero-order chi connectivity index (χ0) is 8.39. The van der Waals surface area contributed by atoms with E-state index < -0.39 is 0 Å². The van der Waals surface area contributed by atoms with Crippen molar-refractivity contribution in [3.8, 4) is 0 Å². The Morgan fingerprint density at radius 1 is 1.00 bits per heavy atom. The molecule has 0 atom stereocenters. The van der Waals surface area contributed by atoms with Gasteiger partial charge in [-0.3, -0.25) is 4.79 Å². The van der Waals surface area contributed by atoms with Gasteiger partial charge in [-0.15, -0.1) is 0 Å². The molecular formula is C11H18O. The third kappa shape index (κ3) is 1.70. The van der Waals surface area contributed by atoms with Gasteiger partial charge in [0.2, 0.25) is 0 Å². The molecule has 0 aromatic heterocycles. The van der Waals surface area contributed by atoms with Gasteiger partial charge in [-0.25, -0.2) is 0 Å². The Morgan fingerprint density at radius 2 is 1.67 bits per heavy atom. The molecule has 0 unspecified atom stereocenters. The summed E-state index contributed by atoms with van der Waals surface area (Å²) in [5.41, 5.74) is 0. The quantitative estimate of drug-likeness (QED) is 0.630. The minimum Gasteiger partial charge on any atom is -0.299 e. The van der Waals surface area contributed by atoms with Crippen LogP contribution < -0.4 is 0 Å². The normalized spacial score (nSPS) is 25.7. The van der Waals surface area contributed by atoms with Crippen molar-refractivity contribution in [2.24, 2.45) is 11.8 Å². The fourth-order valence-electron chi connectivity index (χ4n) is 2.40. The highest BCUT2D eigenvalue weighted by Crippen LogP contribution is 2.33. The van der Waals surface area contributed by atoms with Crippen LogP contribution in [0.25, 0.3) is 0 Å². The van der Waals surface area contributed by atoms with Crippen molar-refractivity contribution in [1.82, 2.24) is 0 Å². The molecule has 0 spiro atoms. The van der Waals surface area contributed by atoms with Crippen molar-refractivity contribution in [2.75, 3.05) is 0 Å². The van der Waals surface area contributed by atoms with Gasteiger partial charge in [0.25, 0.3) is 0 Å². The average Bonchev–Trinajstić information content (AvgIpc) is 2.47. The molecule has 0 N–H and O–H groups in total. The van der Waals surface area contributed by atoms with Crippen molar-refractivity contribution in [2.45, 2.75) is 51.4 Å². The molecule has 1 heteroatoms. The van der Waals surface area contributed by atoms with E-state index in [0.717, 1.165) is 12.3 Å². The lowest BCUT2D eigenvalue weighted by Crippen LogP contribution is -2.20. The highest BCUT2D eigenvalue weighted by molar-refractivity contribution is 5.81. The molecule has 1 nitrogen and oxygen atoms in total. The highest BCUT2D eigenvalue weighted by atomic mass is 16.1. The number of ketones is 1. The van der Waals surface area contributed by atoms with E-state index in [9.17, 15) is 4.79 Å². The zero-order valence-corrected chi connectivity index (χ0v) is 7.72. The molecule has 0 radical (unpaired) electrons. The van der Waals surface area contributed by atoms with Gasteiger partial charge >= 0.3 is 0 Å². The molecular weight excluding hydrogens is 148 g/mol. The Kier molecular flexibility index (Phi) is 2.48. The fourth-order valence-corrected chi connectivity index (χ4v) is 2.40. The first kappa shape index (κ1) is 8.28. The molecule has 12 heavy (non-hydrogen) atoms. The van der Waals surface area contributed by atoms with Gasteiger partial charge in [-0.2, -0.15) is 0 Å². The molecule has 2 aliphatic rings. The largest absolute Gasteiger partial charge is 0.299 e. The molecule has 0 bridgehead atoms. The van der Waals surface area contributed by atoms with Gasteiger partial charge in [0.1, 0.15) is 5.78 Å². The SMILES string of the molecule is O=C(CC1CCC1)C1CCCC1. The third-order valence-corrected chi connectivity index (χ3v) is 3.53. The number of carbonyl (C=O) groups excluding carboxylic acids is 1. The van der Waals surface area contributed by atoms with E-state index in [1.807, 2.05) is 0 Å². The zero-order valence-electron chi connectivity index (χ0n) is 7.72. The number of carbonyl (C=O) groups is 1. The van der Waals surface area contributed by atoms with E-state index in [0.29, 0.717) is 11.7 Å². The molecule has 2 aliphatic carbocycles. The number of hydrogen-bond acceptors (Lipinski definition) is 1. The maximum absolute atomic E-state index is 11.6. The van der Waals surface area contributed by atoms with Crippen LogP contribution in [0.15, 0.2) is 0 Å². The molecule has 2 saturated carbocycles. The third-order valence-electron chi connectivity index (χ3n) is 3.53. The molecule has 68 valence electrons. The van der Waals surface area contributed by atoms with Crippen molar-refractivity contribution >= 4 is 5.78 Å². The summed E-state index contributed by atoms with van der Waals surface area (Å²) in [4.78, 5) is 11.6. The van der Waals surface area contributed by atoms with Gasteiger partial charge in [0.15, 0.2) is 0 Å². The molecule has 0 saturated heterocycles. The topological polar surface area (TPSA) is 17.1 Å². The Labute approximate surface area is 74.5 Å². The van der Waals surface area contributed by atoms with Crippen LogP contribution in [0.1, 0.15) is 51.4 Å².